The number of rotatable bonds is 10. The Morgan fingerprint density at radius 2 is 1.28 bits per heavy atom. The van der Waals surface area contributed by atoms with Gasteiger partial charge >= 0.3 is 0 Å². The second-order valence-corrected chi connectivity index (χ2v) is 7.77. The van der Waals surface area contributed by atoms with Gasteiger partial charge in [0.05, 0.1) is 42.6 Å². The summed E-state index contributed by atoms with van der Waals surface area (Å²) in [6.45, 7) is 4.69. The first-order valence-corrected chi connectivity index (χ1v) is 10.4. The largest absolute Gasteiger partial charge is 0.411 e. The van der Waals surface area contributed by atoms with E-state index in [0.717, 1.165) is 11.4 Å². The van der Waals surface area contributed by atoms with Gasteiger partial charge in [0, 0.05) is 19.6 Å². The zero-order valence-electron chi connectivity index (χ0n) is 18.0. The summed E-state index contributed by atoms with van der Waals surface area (Å²) in [5.41, 5.74) is 4.61. The molecule has 0 radical (unpaired) electrons. The predicted molar refractivity (Wildman–Crippen MR) is 120 cm³/mol. The van der Waals surface area contributed by atoms with E-state index in [1.807, 2.05) is 58.2 Å². The van der Waals surface area contributed by atoms with Crippen LogP contribution >= 0.6 is 0 Å². The Morgan fingerprint density at radius 1 is 0.812 bits per heavy atom. The average Bonchev–Trinajstić information content (AvgIpc) is 3.44. The van der Waals surface area contributed by atoms with E-state index in [1.165, 1.54) is 11.1 Å². The van der Waals surface area contributed by atoms with Crippen molar-refractivity contribution in [3.05, 3.63) is 95.6 Å². The minimum atomic E-state index is 0.480. The third-order valence-corrected chi connectivity index (χ3v) is 4.94. The Kier molecular flexibility index (Phi) is 6.98. The molecule has 0 fully saturated rings. The number of oxime groups is 1. The predicted octanol–water partition coefficient (Wildman–Crippen LogP) is 2.82. The first kappa shape index (κ1) is 21.4. The molecule has 0 amide bonds. The van der Waals surface area contributed by atoms with Crippen molar-refractivity contribution in [2.24, 2.45) is 5.16 Å². The summed E-state index contributed by atoms with van der Waals surface area (Å²) in [5.74, 6) is 0. The van der Waals surface area contributed by atoms with E-state index in [4.69, 9.17) is 5.21 Å². The van der Waals surface area contributed by atoms with Crippen LogP contribution in [0.15, 0.2) is 78.2 Å². The molecule has 9 heteroatoms. The molecule has 0 unspecified atom stereocenters. The Hall–Kier alpha value is -3.85. The molecular weight excluding hydrogens is 404 g/mol. The SMILES string of the molecule is C/C(CN(Cc1cn(Cc2ccccc2)nn1)Cc1cn(Cc2ccccc2)nn1)=N\O. The fourth-order valence-corrected chi connectivity index (χ4v) is 3.50. The topological polar surface area (TPSA) is 97.2 Å². The molecule has 0 saturated carbocycles. The molecule has 0 spiro atoms. The summed E-state index contributed by atoms with van der Waals surface area (Å²) in [6.07, 6.45) is 3.88. The van der Waals surface area contributed by atoms with E-state index in [0.29, 0.717) is 38.4 Å². The van der Waals surface area contributed by atoms with Gasteiger partial charge < -0.3 is 5.21 Å². The van der Waals surface area contributed by atoms with Crippen LogP contribution in [0.2, 0.25) is 0 Å². The van der Waals surface area contributed by atoms with Gasteiger partial charge in [-0.05, 0) is 18.1 Å². The van der Waals surface area contributed by atoms with Gasteiger partial charge in [0.2, 0.25) is 0 Å². The van der Waals surface area contributed by atoms with Crippen LogP contribution < -0.4 is 0 Å². The van der Waals surface area contributed by atoms with Crippen molar-refractivity contribution >= 4 is 5.71 Å². The highest BCUT2D eigenvalue weighted by atomic mass is 16.4. The van der Waals surface area contributed by atoms with Gasteiger partial charge in [0.25, 0.3) is 0 Å². The molecule has 164 valence electrons. The van der Waals surface area contributed by atoms with Gasteiger partial charge in [-0.2, -0.15) is 0 Å². The molecule has 0 aliphatic carbocycles. The maximum atomic E-state index is 9.15. The quantitative estimate of drug-likeness (QED) is 0.236. The molecule has 0 aliphatic rings. The van der Waals surface area contributed by atoms with Gasteiger partial charge in [-0.1, -0.05) is 76.2 Å². The van der Waals surface area contributed by atoms with Crippen LogP contribution in [-0.4, -0.2) is 52.4 Å². The average molecular weight is 431 g/mol. The highest BCUT2D eigenvalue weighted by Gasteiger charge is 2.14. The van der Waals surface area contributed by atoms with Crippen LogP contribution in [0.25, 0.3) is 0 Å². The number of aromatic nitrogens is 6. The number of hydrogen-bond acceptors (Lipinski definition) is 7. The molecule has 2 aromatic carbocycles. The van der Waals surface area contributed by atoms with Crippen LogP contribution in [0.5, 0.6) is 0 Å². The minimum absolute atomic E-state index is 0.480. The fraction of sp³-hybridized carbons (Fsp3) is 0.261. The zero-order chi connectivity index (χ0) is 22.2. The Balaban J connectivity index is 1.41. The van der Waals surface area contributed by atoms with E-state index in [2.05, 4.69) is 54.9 Å². The summed E-state index contributed by atoms with van der Waals surface area (Å²) in [7, 11) is 0. The molecular formula is C23H26N8O. The van der Waals surface area contributed by atoms with Crippen molar-refractivity contribution in [2.75, 3.05) is 6.54 Å². The molecule has 0 aliphatic heterocycles. The summed E-state index contributed by atoms with van der Waals surface area (Å²) < 4.78 is 3.65. The highest BCUT2D eigenvalue weighted by Crippen LogP contribution is 2.09. The van der Waals surface area contributed by atoms with E-state index in [1.54, 1.807) is 6.92 Å². The van der Waals surface area contributed by atoms with Crippen molar-refractivity contribution in [3.63, 3.8) is 0 Å². The minimum Gasteiger partial charge on any atom is -0.411 e. The molecule has 1 N–H and O–H groups in total. The molecule has 4 rings (SSSR count). The van der Waals surface area contributed by atoms with Gasteiger partial charge in [0.15, 0.2) is 0 Å². The highest BCUT2D eigenvalue weighted by molar-refractivity contribution is 5.83. The van der Waals surface area contributed by atoms with E-state index in [9.17, 15) is 0 Å². The third-order valence-electron chi connectivity index (χ3n) is 4.94. The lowest BCUT2D eigenvalue weighted by Gasteiger charge is -2.19. The van der Waals surface area contributed by atoms with Crippen LogP contribution in [0.3, 0.4) is 0 Å². The summed E-state index contributed by atoms with van der Waals surface area (Å²) >= 11 is 0. The summed E-state index contributed by atoms with van der Waals surface area (Å²) in [6, 6.07) is 20.3. The first-order chi connectivity index (χ1) is 15.7. The molecule has 0 atom stereocenters. The second-order valence-electron chi connectivity index (χ2n) is 7.77. The lowest BCUT2D eigenvalue weighted by molar-refractivity contribution is 0.275. The van der Waals surface area contributed by atoms with E-state index < -0.39 is 0 Å². The monoisotopic (exact) mass is 430 g/mol. The molecule has 4 aromatic rings. The van der Waals surface area contributed by atoms with Crippen LogP contribution in [-0.2, 0) is 26.2 Å². The van der Waals surface area contributed by atoms with Crippen molar-refractivity contribution in [2.45, 2.75) is 33.1 Å². The Bertz CT molecular complexity index is 1060. The molecule has 2 heterocycles. The number of benzene rings is 2. The third kappa shape index (κ3) is 6.08. The lowest BCUT2D eigenvalue weighted by atomic mass is 10.2. The number of nitrogens with zero attached hydrogens (tertiary/aromatic N) is 8. The van der Waals surface area contributed by atoms with Gasteiger partial charge in [-0.25, -0.2) is 9.36 Å². The standard InChI is InChI=1S/C23H26N8O/c1-19(26-32)12-29(15-22-17-30(27-24-22)13-20-8-4-2-5-9-20)16-23-18-31(28-25-23)14-21-10-6-3-7-11-21/h2-11,17-18,32H,12-16H2,1H3/b26-19+. The van der Waals surface area contributed by atoms with E-state index in [-0.39, 0.29) is 0 Å². The van der Waals surface area contributed by atoms with Crippen molar-refractivity contribution in [1.82, 2.24) is 34.9 Å². The van der Waals surface area contributed by atoms with Crippen molar-refractivity contribution < 1.29 is 5.21 Å². The Labute approximate surface area is 186 Å². The maximum Gasteiger partial charge on any atom is 0.0967 e. The van der Waals surface area contributed by atoms with Gasteiger partial charge in [-0.3, -0.25) is 4.90 Å². The molecule has 0 bridgehead atoms. The molecule has 9 nitrogen and oxygen atoms in total. The van der Waals surface area contributed by atoms with Crippen molar-refractivity contribution in [3.8, 4) is 0 Å². The second kappa shape index (κ2) is 10.5. The summed E-state index contributed by atoms with van der Waals surface area (Å²) in [5, 5.41) is 29.6. The van der Waals surface area contributed by atoms with Crippen LogP contribution in [0.4, 0.5) is 0 Å². The van der Waals surface area contributed by atoms with Crippen molar-refractivity contribution in [1.29, 1.82) is 0 Å². The van der Waals surface area contributed by atoms with Gasteiger partial charge in [0.1, 0.15) is 0 Å². The smallest absolute Gasteiger partial charge is 0.0967 e. The molecule has 32 heavy (non-hydrogen) atoms. The number of hydrogen-bond donors (Lipinski definition) is 1. The van der Waals surface area contributed by atoms with Gasteiger partial charge in [-0.15, -0.1) is 10.2 Å². The van der Waals surface area contributed by atoms with E-state index >= 15 is 0 Å². The van der Waals surface area contributed by atoms with Crippen LogP contribution in [0.1, 0.15) is 29.4 Å². The summed E-state index contributed by atoms with van der Waals surface area (Å²) in [4.78, 5) is 2.10. The zero-order valence-corrected chi connectivity index (χ0v) is 18.0. The molecule has 2 aromatic heterocycles. The normalized spacial score (nSPS) is 11.9. The first-order valence-electron chi connectivity index (χ1n) is 10.4. The lowest BCUT2D eigenvalue weighted by Crippen LogP contribution is -2.28. The van der Waals surface area contributed by atoms with Crippen LogP contribution in [0, 0.1) is 0 Å². The molecule has 0 saturated heterocycles. The maximum absolute atomic E-state index is 9.15. The fourth-order valence-electron chi connectivity index (χ4n) is 3.50. The Morgan fingerprint density at radius 3 is 1.72 bits per heavy atom.